The highest BCUT2D eigenvalue weighted by molar-refractivity contribution is 5.88. The Balaban J connectivity index is 1.93. The number of nitrogens with zero attached hydrogens (tertiary/aromatic N) is 1. The van der Waals surface area contributed by atoms with E-state index in [4.69, 9.17) is 4.42 Å². The SMILES string of the molecule is CN(Cc1ccco1)C(=O)Nc1ccc(F)cc1. The van der Waals surface area contributed by atoms with Gasteiger partial charge in [-0.25, -0.2) is 9.18 Å². The van der Waals surface area contributed by atoms with Gasteiger partial charge in [-0.3, -0.25) is 0 Å². The number of hydrogen-bond acceptors (Lipinski definition) is 2. The van der Waals surface area contributed by atoms with E-state index in [-0.39, 0.29) is 11.8 Å². The molecule has 2 aromatic rings. The average Bonchev–Trinajstić information content (AvgIpc) is 2.85. The van der Waals surface area contributed by atoms with E-state index in [9.17, 15) is 9.18 Å². The lowest BCUT2D eigenvalue weighted by Gasteiger charge is -2.16. The molecule has 1 heterocycles. The minimum atomic E-state index is -0.336. The third-order valence-electron chi connectivity index (χ3n) is 2.42. The maximum atomic E-state index is 12.7. The Bertz CT molecular complexity index is 508. The first-order chi connectivity index (χ1) is 8.65. The molecule has 0 aliphatic rings. The molecule has 94 valence electrons. The minimum Gasteiger partial charge on any atom is -0.467 e. The molecule has 18 heavy (non-hydrogen) atoms. The second kappa shape index (κ2) is 5.35. The number of urea groups is 1. The number of benzene rings is 1. The fraction of sp³-hybridized carbons (Fsp3) is 0.154. The van der Waals surface area contributed by atoms with Gasteiger partial charge in [-0.1, -0.05) is 0 Å². The number of hydrogen-bond donors (Lipinski definition) is 1. The molecular weight excluding hydrogens is 235 g/mol. The third-order valence-corrected chi connectivity index (χ3v) is 2.42. The maximum absolute atomic E-state index is 12.7. The zero-order valence-corrected chi connectivity index (χ0v) is 9.89. The van der Waals surface area contributed by atoms with Crippen molar-refractivity contribution in [2.75, 3.05) is 12.4 Å². The van der Waals surface area contributed by atoms with Crippen molar-refractivity contribution in [2.45, 2.75) is 6.54 Å². The van der Waals surface area contributed by atoms with E-state index in [1.165, 1.54) is 29.2 Å². The quantitative estimate of drug-likeness (QED) is 0.907. The number of nitrogens with one attached hydrogen (secondary N) is 1. The van der Waals surface area contributed by atoms with Gasteiger partial charge >= 0.3 is 6.03 Å². The summed E-state index contributed by atoms with van der Waals surface area (Å²) in [7, 11) is 1.65. The molecule has 0 spiro atoms. The smallest absolute Gasteiger partial charge is 0.321 e. The van der Waals surface area contributed by atoms with Crippen molar-refractivity contribution < 1.29 is 13.6 Å². The lowest BCUT2D eigenvalue weighted by atomic mass is 10.3. The summed E-state index contributed by atoms with van der Waals surface area (Å²) < 4.78 is 17.8. The molecule has 0 radical (unpaired) electrons. The Morgan fingerprint density at radius 2 is 2.06 bits per heavy atom. The number of anilines is 1. The summed E-state index contributed by atoms with van der Waals surface area (Å²) in [5, 5.41) is 2.66. The predicted octanol–water partition coefficient (Wildman–Crippen LogP) is 3.08. The summed E-state index contributed by atoms with van der Waals surface area (Å²) in [6.45, 7) is 0.375. The molecular formula is C13H13FN2O2. The molecule has 1 aromatic heterocycles. The standard InChI is InChI=1S/C13H13FN2O2/c1-16(9-12-3-2-8-18-12)13(17)15-11-6-4-10(14)5-7-11/h2-8H,9H2,1H3,(H,15,17). The summed E-state index contributed by atoms with van der Waals surface area (Å²) in [6, 6.07) is 8.88. The first-order valence-corrected chi connectivity index (χ1v) is 5.45. The van der Waals surface area contributed by atoms with Crippen LogP contribution in [0.15, 0.2) is 47.1 Å². The fourth-order valence-corrected chi connectivity index (χ4v) is 1.46. The van der Waals surface area contributed by atoms with E-state index in [1.807, 2.05) is 0 Å². The largest absolute Gasteiger partial charge is 0.467 e. The van der Waals surface area contributed by atoms with Crippen LogP contribution in [0, 0.1) is 5.82 Å². The Labute approximate surface area is 104 Å². The summed E-state index contributed by atoms with van der Waals surface area (Å²) in [5.41, 5.74) is 0.549. The highest BCUT2D eigenvalue weighted by Crippen LogP contribution is 2.10. The molecule has 0 saturated heterocycles. The van der Waals surface area contributed by atoms with Crippen LogP contribution in [0.4, 0.5) is 14.9 Å². The van der Waals surface area contributed by atoms with Gasteiger partial charge in [0, 0.05) is 12.7 Å². The van der Waals surface area contributed by atoms with Crippen molar-refractivity contribution in [3.63, 3.8) is 0 Å². The first-order valence-electron chi connectivity index (χ1n) is 5.45. The van der Waals surface area contributed by atoms with Gasteiger partial charge in [-0.2, -0.15) is 0 Å². The number of carbonyl (C=O) groups excluding carboxylic acids is 1. The van der Waals surface area contributed by atoms with Gasteiger partial charge in [0.2, 0.25) is 0 Å². The molecule has 1 N–H and O–H groups in total. The van der Waals surface area contributed by atoms with Crippen LogP contribution in [-0.2, 0) is 6.54 Å². The van der Waals surface area contributed by atoms with E-state index in [2.05, 4.69) is 5.32 Å². The van der Waals surface area contributed by atoms with Crippen molar-refractivity contribution in [3.8, 4) is 0 Å². The van der Waals surface area contributed by atoms with Crippen molar-refractivity contribution in [1.29, 1.82) is 0 Å². The summed E-state index contributed by atoms with van der Waals surface area (Å²) in [4.78, 5) is 13.3. The van der Waals surface area contributed by atoms with Gasteiger partial charge in [-0.15, -0.1) is 0 Å². The molecule has 1 aromatic carbocycles. The molecule has 0 aliphatic carbocycles. The molecule has 0 fully saturated rings. The third kappa shape index (κ3) is 3.10. The van der Waals surface area contributed by atoms with Gasteiger partial charge in [0.25, 0.3) is 0 Å². The molecule has 0 saturated carbocycles. The topological polar surface area (TPSA) is 45.5 Å². The van der Waals surface area contributed by atoms with E-state index in [0.29, 0.717) is 18.0 Å². The minimum absolute atomic E-state index is 0.280. The summed E-state index contributed by atoms with van der Waals surface area (Å²) in [6.07, 6.45) is 1.56. The van der Waals surface area contributed by atoms with Crippen LogP contribution >= 0.6 is 0 Å². The van der Waals surface area contributed by atoms with E-state index < -0.39 is 0 Å². The Morgan fingerprint density at radius 3 is 2.67 bits per heavy atom. The van der Waals surface area contributed by atoms with Gasteiger partial charge in [0.15, 0.2) is 0 Å². The highest BCUT2D eigenvalue weighted by atomic mass is 19.1. The van der Waals surface area contributed by atoms with Crippen LogP contribution in [0.5, 0.6) is 0 Å². The molecule has 0 unspecified atom stereocenters. The molecule has 2 amide bonds. The van der Waals surface area contributed by atoms with Gasteiger partial charge in [0.05, 0.1) is 12.8 Å². The maximum Gasteiger partial charge on any atom is 0.321 e. The Morgan fingerprint density at radius 1 is 1.33 bits per heavy atom. The second-order valence-corrected chi connectivity index (χ2v) is 3.87. The predicted molar refractivity (Wildman–Crippen MR) is 65.6 cm³/mol. The molecule has 0 bridgehead atoms. The fourth-order valence-electron chi connectivity index (χ4n) is 1.46. The number of amides is 2. The van der Waals surface area contributed by atoms with Crippen molar-refractivity contribution in [2.24, 2.45) is 0 Å². The summed E-state index contributed by atoms with van der Waals surface area (Å²) >= 11 is 0. The molecule has 4 nitrogen and oxygen atoms in total. The zero-order chi connectivity index (χ0) is 13.0. The lowest BCUT2D eigenvalue weighted by molar-refractivity contribution is 0.217. The van der Waals surface area contributed by atoms with Crippen molar-refractivity contribution in [1.82, 2.24) is 4.90 Å². The van der Waals surface area contributed by atoms with Crippen LogP contribution < -0.4 is 5.32 Å². The number of furan rings is 1. The van der Waals surface area contributed by atoms with Gasteiger partial charge in [-0.05, 0) is 36.4 Å². The Kier molecular flexibility index (Phi) is 3.62. The molecule has 2 rings (SSSR count). The van der Waals surface area contributed by atoms with Crippen LogP contribution in [0.3, 0.4) is 0 Å². The summed E-state index contributed by atoms with van der Waals surface area (Å²) in [5.74, 6) is 0.365. The van der Waals surface area contributed by atoms with Crippen LogP contribution in [0.2, 0.25) is 0 Å². The van der Waals surface area contributed by atoms with Gasteiger partial charge < -0.3 is 14.6 Å². The van der Waals surface area contributed by atoms with Crippen molar-refractivity contribution in [3.05, 3.63) is 54.2 Å². The van der Waals surface area contributed by atoms with Crippen LogP contribution in [-0.4, -0.2) is 18.0 Å². The van der Waals surface area contributed by atoms with E-state index >= 15 is 0 Å². The second-order valence-electron chi connectivity index (χ2n) is 3.87. The molecule has 0 aliphatic heterocycles. The Hall–Kier alpha value is -2.30. The normalized spacial score (nSPS) is 10.1. The zero-order valence-electron chi connectivity index (χ0n) is 9.89. The van der Waals surface area contributed by atoms with Crippen molar-refractivity contribution >= 4 is 11.7 Å². The number of rotatable bonds is 3. The monoisotopic (exact) mass is 248 g/mol. The van der Waals surface area contributed by atoms with Gasteiger partial charge in [0.1, 0.15) is 11.6 Å². The van der Waals surface area contributed by atoms with Crippen LogP contribution in [0.25, 0.3) is 0 Å². The molecule has 5 heteroatoms. The highest BCUT2D eigenvalue weighted by Gasteiger charge is 2.10. The molecule has 0 atom stereocenters. The lowest BCUT2D eigenvalue weighted by Crippen LogP contribution is -2.30. The average molecular weight is 248 g/mol. The van der Waals surface area contributed by atoms with Crippen LogP contribution in [0.1, 0.15) is 5.76 Å². The first kappa shape index (κ1) is 12.2. The number of carbonyl (C=O) groups is 1. The number of halogens is 1. The van der Waals surface area contributed by atoms with E-state index in [0.717, 1.165) is 0 Å². The van der Waals surface area contributed by atoms with E-state index in [1.54, 1.807) is 25.4 Å².